The number of nitrogens with zero attached hydrogens (tertiary/aromatic N) is 2. The molecule has 0 radical (unpaired) electrons. The first-order valence-corrected chi connectivity index (χ1v) is 7.23. The van der Waals surface area contributed by atoms with Gasteiger partial charge in [-0.15, -0.1) is 0 Å². The van der Waals surface area contributed by atoms with E-state index in [0.29, 0.717) is 6.04 Å². The average Bonchev–Trinajstić information content (AvgIpc) is 3.02. The van der Waals surface area contributed by atoms with Gasteiger partial charge in [0.25, 0.3) is 5.91 Å². The lowest BCUT2D eigenvalue weighted by Gasteiger charge is -2.23. The van der Waals surface area contributed by atoms with Crippen LogP contribution in [0.25, 0.3) is 0 Å². The first-order chi connectivity index (χ1) is 9.13. The zero-order valence-corrected chi connectivity index (χ0v) is 11.7. The fraction of sp³-hybridized carbons (Fsp3) is 0.667. The van der Waals surface area contributed by atoms with Crippen molar-refractivity contribution in [2.45, 2.75) is 51.6 Å². The van der Waals surface area contributed by atoms with Crippen molar-refractivity contribution < 1.29 is 9.90 Å². The lowest BCUT2D eigenvalue weighted by Crippen LogP contribution is -2.37. The van der Waals surface area contributed by atoms with Gasteiger partial charge in [-0.1, -0.05) is 0 Å². The smallest absolute Gasteiger partial charge is 0.256 e. The number of rotatable bonds is 3. The van der Waals surface area contributed by atoms with Crippen LogP contribution in [0.15, 0.2) is 6.07 Å². The molecule has 1 aliphatic heterocycles. The Morgan fingerprint density at radius 2 is 2.11 bits per heavy atom. The Balaban J connectivity index is 1.89. The molecule has 1 aromatic heterocycles. The van der Waals surface area contributed by atoms with Crippen LogP contribution in [0.1, 0.15) is 53.5 Å². The molecule has 1 N–H and O–H groups in total. The Labute approximate surface area is 114 Å². The van der Waals surface area contributed by atoms with E-state index in [-0.39, 0.29) is 18.6 Å². The van der Waals surface area contributed by atoms with Crippen molar-refractivity contribution in [3.8, 4) is 0 Å². The Morgan fingerprint density at radius 3 is 2.74 bits per heavy atom. The van der Waals surface area contributed by atoms with Gasteiger partial charge in [-0.2, -0.15) is 0 Å². The van der Waals surface area contributed by atoms with E-state index in [1.54, 1.807) is 0 Å². The van der Waals surface area contributed by atoms with Gasteiger partial charge in [0.2, 0.25) is 0 Å². The third kappa shape index (κ3) is 2.08. The molecular weight excluding hydrogens is 240 g/mol. The molecule has 104 valence electrons. The van der Waals surface area contributed by atoms with Crippen molar-refractivity contribution in [3.63, 3.8) is 0 Å². The molecule has 2 aliphatic rings. The maximum Gasteiger partial charge on any atom is 0.256 e. The van der Waals surface area contributed by atoms with Gasteiger partial charge in [0, 0.05) is 24.0 Å². The van der Waals surface area contributed by atoms with Gasteiger partial charge in [0.1, 0.15) is 0 Å². The zero-order chi connectivity index (χ0) is 13.6. The summed E-state index contributed by atoms with van der Waals surface area (Å²) in [5.74, 6) is 0.0940. The molecule has 1 aromatic rings. The Hall–Kier alpha value is -1.29. The second-order valence-electron chi connectivity index (χ2n) is 5.86. The predicted molar refractivity (Wildman–Crippen MR) is 73.3 cm³/mol. The molecule has 4 heteroatoms. The molecule has 1 atom stereocenters. The second kappa shape index (κ2) is 4.67. The number of carbonyl (C=O) groups excluding carboxylic acids is 1. The molecule has 1 saturated heterocycles. The number of amides is 1. The molecule has 2 heterocycles. The molecule has 19 heavy (non-hydrogen) atoms. The van der Waals surface area contributed by atoms with Crippen LogP contribution in [0, 0.1) is 13.8 Å². The summed E-state index contributed by atoms with van der Waals surface area (Å²) in [4.78, 5) is 14.5. The lowest BCUT2D eigenvalue weighted by molar-refractivity contribution is 0.0677. The largest absolute Gasteiger partial charge is 0.394 e. The number of aryl methyl sites for hydroxylation is 1. The van der Waals surface area contributed by atoms with Gasteiger partial charge >= 0.3 is 0 Å². The summed E-state index contributed by atoms with van der Waals surface area (Å²) < 4.78 is 2.30. The maximum absolute atomic E-state index is 12.6. The highest BCUT2D eigenvalue weighted by molar-refractivity contribution is 5.96. The van der Waals surface area contributed by atoms with Crippen LogP contribution in [0.4, 0.5) is 0 Å². The fourth-order valence-corrected chi connectivity index (χ4v) is 3.34. The van der Waals surface area contributed by atoms with Crippen molar-refractivity contribution in [1.82, 2.24) is 9.47 Å². The highest BCUT2D eigenvalue weighted by atomic mass is 16.3. The molecule has 1 aliphatic carbocycles. The van der Waals surface area contributed by atoms with E-state index >= 15 is 0 Å². The van der Waals surface area contributed by atoms with Crippen molar-refractivity contribution in [3.05, 3.63) is 23.0 Å². The molecule has 2 fully saturated rings. The third-order valence-electron chi connectivity index (χ3n) is 4.48. The summed E-state index contributed by atoms with van der Waals surface area (Å²) in [6, 6.07) is 2.63. The number of hydrogen-bond acceptors (Lipinski definition) is 2. The normalized spacial score (nSPS) is 23.1. The average molecular weight is 262 g/mol. The van der Waals surface area contributed by atoms with Crippen molar-refractivity contribution in [1.29, 1.82) is 0 Å². The molecule has 3 rings (SSSR count). The lowest BCUT2D eigenvalue weighted by atomic mass is 10.2. The number of carbonyl (C=O) groups is 1. The minimum atomic E-state index is 0.0106. The highest BCUT2D eigenvalue weighted by Crippen LogP contribution is 2.38. The predicted octanol–water partition coefficient (Wildman–Crippen LogP) is 2.04. The van der Waals surface area contributed by atoms with Crippen LogP contribution < -0.4 is 0 Å². The SMILES string of the molecule is Cc1cc(C(=O)N2CCC[C@@H]2CO)c(C)n1C1CC1. The zero-order valence-electron chi connectivity index (χ0n) is 11.7. The summed E-state index contributed by atoms with van der Waals surface area (Å²) in [5.41, 5.74) is 3.10. The maximum atomic E-state index is 12.6. The van der Waals surface area contributed by atoms with E-state index in [0.717, 1.165) is 30.6 Å². The van der Waals surface area contributed by atoms with Crippen molar-refractivity contribution in [2.24, 2.45) is 0 Å². The van der Waals surface area contributed by atoms with E-state index in [4.69, 9.17) is 0 Å². The first-order valence-electron chi connectivity index (χ1n) is 7.23. The minimum absolute atomic E-state index is 0.0106. The summed E-state index contributed by atoms with van der Waals surface area (Å²) in [6.45, 7) is 4.97. The Bertz CT molecular complexity index is 502. The monoisotopic (exact) mass is 262 g/mol. The van der Waals surface area contributed by atoms with E-state index in [1.807, 2.05) is 17.9 Å². The van der Waals surface area contributed by atoms with Crippen LogP contribution in [0.2, 0.25) is 0 Å². The molecule has 0 aromatic carbocycles. The number of aliphatic hydroxyl groups is 1. The van der Waals surface area contributed by atoms with Gasteiger partial charge in [-0.25, -0.2) is 0 Å². The van der Waals surface area contributed by atoms with E-state index in [1.165, 1.54) is 18.5 Å². The van der Waals surface area contributed by atoms with Crippen molar-refractivity contribution >= 4 is 5.91 Å². The minimum Gasteiger partial charge on any atom is -0.394 e. The van der Waals surface area contributed by atoms with Crippen LogP contribution in [-0.2, 0) is 0 Å². The number of likely N-dealkylation sites (tertiary alicyclic amines) is 1. The summed E-state index contributed by atoms with van der Waals surface area (Å²) in [5, 5.41) is 9.36. The topological polar surface area (TPSA) is 45.5 Å². The number of aliphatic hydroxyl groups excluding tert-OH is 1. The number of hydrogen-bond donors (Lipinski definition) is 1. The molecule has 4 nitrogen and oxygen atoms in total. The van der Waals surface area contributed by atoms with Crippen LogP contribution in [0.3, 0.4) is 0 Å². The van der Waals surface area contributed by atoms with Gasteiger partial charge in [-0.3, -0.25) is 4.79 Å². The fourth-order valence-electron chi connectivity index (χ4n) is 3.34. The highest BCUT2D eigenvalue weighted by Gasteiger charge is 2.33. The van der Waals surface area contributed by atoms with Gasteiger partial charge in [0.05, 0.1) is 18.2 Å². The van der Waals surface area contributed by atoms with E-state index in [2.05, 4.69) is 11.5 Å². The molecule has 0 bridgehead atoms. The van der Waals surface area contributed by atoms with E-state index in [9.17, 15) is 9.90 Å². The van der Waals surface area contributed by atoms with Crippen LogP contribution in [-0.4, -0.2) is 39.7 Å². The molecule has 1 amide bonds. The third-order valence-corrected chi connectivity index (χ3v) is 4.48. The number of aromatic nitrogens is 1. The summed E-state index contributed by atoms with van der Waals surface area (Å²) in [6.07, 6.45) is 4.38. The molecule has 0 unspecified atom stereocenters. The van der Waals surface area contributed by atoms with Crippen molar-refractivity contribution in [2.75, 3.05) is 13.2 Å². The van der Waals surface area contributed by atoms with Crippen LogP contribution in [0.5, 0.6) is 0 Å². The molecule has 1 saturated carbocycles. The summed E-state index contributed by atoms with van der Waals surface area (Å²) in [7, 11) is 0. The van der Waals surface area contributed by atoms with E-state index < -0.39 is 0 Å². The van der Waals surface area contributed by atoms with Gasteiger partial charge < -0.3 is 14.6 Å². The Kier molecular flexibility index (Phi) is 3.13. The first kappa shape index (κ1) is 12.7. The second-order valence-corrected chi connectivity index (χ2v) is 5.86. The molecule has 0 spiro atoms. The van der Waals surface area contributed by atoms with Gasteiger partial charge in [-0.05, 0) is 45.6 Å². The van der Waals surface area contributed by atoms with Gasteiger partial charge in [0.15, 0.2) is 0 Å². The standard InChI is InChI=1S/C15H22N2O2/c1-10-8-14(11(2)17(10)12-5-6-12)15(19)16-7-3-4-13(16)9-18/h8,12-13,18H,3-7,9H2,1-2H3/t13-/m1/s1. The Morgan fingerprint density at radius 1 is 1.37 bits per heavy atom. The quantitative estimate of drug-likeness (QED) is 0.906. The van der Waals surface area contributed by atoms with Crippen LogP contribution >= 0.6 is 0 Å². The summed E-state index contributed by atoms with van der Waals surface area (Å²) >= 11 is 0. The molecular formula is C15H22N2O2.